The molecule has 3 nitrogen and oxygen atoms in total. The Bertz CT molecular complexity index is 333. The molecule has 1 saturated heterocycles. The fraction of sp³-hybridized carbons (Fsp3) is 1.00. The number of hydrogen-bond acceptors (Lipinski definition) is 3. The Morgan fingerprint density at radius 2 is 1.90 bits per heavy atom. The summed E-state index contributed by atoms with van der Waals surface area (Å²) in [6.45, 7) is 18.1. The summed E-state index contributed by atoms with van der Waals surface area (Å²) in [5, 5.41) is 0. The second-order valence-electron chi connectivity index (χ2n) is 9.09. The van der Waals surface area contributed by atoms with E-state index in [4.69, 9.17) is 4.43 Å². The molecule has 0 aliphatic carbocycles. The topological polar surface area (TPSA) is 15.7 Å². The minimum atomic E-state index is -1.55. The highest BCUT2D eigenvalue weighted by molar-refractivity contribution is 6.83. The van der Waals surface area contributed by atoms with Crippen LogP contribution in [0.15, 0.2) is 0 Å². The van der Waals surface area contributed by atoms with Gasteiger partial charge in [-0.05, 0) is 51.2 Å². The van der Waals surface area contributed by atoms with E-state index in [-0.39, 0.29) is 9.68 Å². The van der Waals surface area contributed by atoms with Crippen LogP contribution in [-0.2, 0) is 4.43 Å². The summed E-state index contributed by atoms with van der Waals surface area (Å²) in [5.41, 5.74) is 0.412. The zero-order chi connectivity index (χ0) is 16.3. The zero-order valence-corrected chi connectivity index (χ0v) is 19.2. The molecule has 0 N–H and O–H groups in total. The van der Waals surface area contributed by atoms with Crippen LogP contribution in [-0.4, -0.2) is 69.2 Å². The lowest BCUT2D eigenvalue weighted by Gasteiger charge is -2.40. The van der Waals surface area contributed by atoms with Crippen molar-refractivity contribution in [1.29, 1.82) is 0 Å². The Kier molecular flexibility index (Phi) is 6.90. The number of likely N-dealkylation sites (N-methyl/N-ethyl adjacent to an activating group) is 1. The molecule has 0 aromatic heterocycles. The van der Waals surface area contributed by atoms with Gasteiger partial charge in [0.15, 0.2) is 8.32 Å². The fourth-order valence-electron chi connectivity index (χ4n) is 3.74. The number of rotatable bonds is 8. The lowest BCUT2D eigenvalue weighted by molar-refractivity contribution is 0.240. The molecule has 21 heavy (non-hydrogen) atoms. The van der Waals surface area contributed by atoms with E-state index in [1.807, 2.05) is 0 Å². The van der Waals surface area contributed by atoms with E-state index >= 15 is 0 Å². The first-order valence-electron chi connectivity index (χ1n) is 8.47. The van der Waals surface area contributed by atoms with Gasteiger partial charge in [-0.15, -0.1) is 0 Å². The van der Waals surface area contributed by atoms with E-state index in [2.05, 4.69) is 63.3 Å². The highest BCUT2D eigenvalue weighted by Crippen LogP contribution is 2.34. The van der Waals surface area contributed by atoms with Crippen molar-refractivity contribution in [3.63, 3.8) is 0 Å². The molecule has 0 spiro atoms. The molecule has 0 atom stereocenters. The van der Waals surface area contributed by atoms with Crippen LogP contribution >= 0.6 is 0 Å². The average Bonchev–Trinajstić information content (AvgIpc) is 2.54. The third kappa shape index (κ3) is 7.09. The summed E-state index contributed by atoms with van der Waals surface area (Å²) in [6, 6.07) is 4.37. The van der Waals surface area contributed by atoms with Crippen LogP contribution in [0.1, 0.15) is 13.8 Å². The Morgan fingerprint density at radius 1 is 1.29 bits per heavy atom. The average molecular weight is 347 g/mol. The summed E-state index contributed by atoms with van der Waals surface area (Å²) < 4.78 is 9.26. The first-order chi connectivity index (χ1) is 9.44. The van der Waals surface area contributed by atoms with E-state index in [1.54, 1.807) is 6.04 Å². The van der Waals surface area contributed by atoms with Gasteiger partial charge in [-0.3, -0.25) is 0 Å². The first-order valence-corrected chi connectivity index (χ1v) is 16.4. The molecule has 0 amide bonds. The monoisotopic (exact) mass is 346 g/mol. The summed E-state index contributed by atoms with van der Waals surface area (Å²) >= 11 is 0. The molecule has 0 aromatic carbocycles. The van der Waals surface area contributed by atoms with Crippen molar-refractivity contribution in [2.45, 2.75) is 58.2 Å². The van der Waals surface area contributed by atoms with Crippen LogP contribution in [0.25, 0.3) is 0 Å². The quantitative estimate of drug-likeness (QED) is 0.629. The molecular weight excluding hydrogens is 308 g/mol. The first kappa shape index (κ1) is 19.6. The molecule has 1 aliphatic rings. The second-order valence-corrected chi connectivity index (χ2v) is 20.6. The molecule has 1 aliphatic heterocycles. The van der Waals surface area contributed by atoms with Crippen LogP contribution in [0, 0.1) is 5.41 Å². The summed E-state index contributed by atoms with van der Waals surface area (Å²) in [6.07, 6.45) is 0. The van der Waals surface area contributed by atoms with Crippen molar-refractivity contribution >= 4 is 26.2 Å². The predicted octanol–water partition coefficient (Wildman–Crippen LogP) is 2.82. The normalized spacial score (nSPS) is 21.6. The molecule has 0 unspecified atom stereocenters. The minimum Gasteiger partial charge on any atom is -0.416 e. The van der Waals surface area contributed by atoms with Crippen molar-refractivity contribution in [1.82, 2.24) is 9.13 Å². The van der Waals surface area contributed by atoms with Crippen molar-refractivity contribution in [3.8, 4) is 0 Å². The molecule has 6 heteroatoms. The maximum absolute atomic E-state index is 6.29. The van der Waals surface area contributed by atoms with Gasteiger partial charge in [0.2, 0.25) is 0 Å². The van der Waals surface area contributed by atoms with Crippen molar-refractivity contribution in [3.05, 3.63) is 0 Å². The molecule has 0 saturated carbocycles. The van der Waals surface area contributed by atoms with Gasteiger partial charge >= 0.3 is 0 Å². The van der Waals surface area contributed by atoms with Gasteiger partial charge < -0.3 is 13.6 Å². The van der Waals surface area contributed by atoms with Crippen LogP contribution in [0.2, 0.25) is 44.3 Å². The fourth-order valence-corrected chi connectivity index (χ4v) is 16.7. The maximum Gasteiger partial charge on any atom is 0.187 e. The van der Waals surface area contributed by atoms with Gasteiger partial charge in [0, 0.05) is 13.2 Å². The van der Waals surface area contributed by atoms with Gasteiger partial charge in [0.25, 0.3) is 0 Å². The van der Waals surface area contributed by atoms with E-state index in [0.717, 1.165) is 13.2 Å². The van der Waals surface area contributed by atoms with Crippen LogP contribution in [0.5, 0.6) is 0 Å². The molecule has 1 rings (SSSR count). The molecule has 1 fully saturated rings. The van der Waals surface area contributed by atoms with E-state index in [0.29, 0.717) is 5.41 Å². The lowest BCUT2D eigenvalue weighted by Crippen LogP contribution is -2.50. The summed E-state index contributed by atoms with van der Waals surface area (Å²) in [4.78, 5) is 2.21. The third-order valence-corrected chi connectivity index (χ3v) is 16.2. The summed E-state index contributed by atoms with van der Waals surface area (Å²) in [5.74, 6) is 0. The smallest absolute Gasteiger partial charge is 0.187 e. The third-order valence-electron chi connectivity index (χ3n) is 4.63. The Morgan fingerprint density at radius 3 is 2.38 bits per heavy atom. The SMILES string of the molecule is CN(C)CCO[Si](C)(C)CC(C)(C)CN1[SiH2]CC[Si]1(C)C. The van der Waals surface area contributed by atoms with E-state index < -0.39 is 16.6 Å². The van der Waals surface area contributed by atoms with Gasteiger partial charge in [-0.25, -0.2) is 0 Å². The Labute approximate surface area is 137 Å². The van der Waals surface area contributed by atoms with Crippen LogP contribution in [0.3, 0.4) is 0 Å². The second kappa shape index (κ2) is 7.40. The van der Waals surface area contributed by atoms with Gasteiger partial charge in [0.05, 0.1) is 9.68 Å². The molecule has 0 radical (unpaired) electrons. The van der Waals surface area contributed by atoms with Crippen molar-refractivity contribution in [2.24, 2.45) is 5.41 Å². The largest absolute Gasteiger partial charge is 0.416 e. The number of hydrogen-bond donors (Lipinski definition) is 0. The minimum absolute atomic E-state index is 0.0564. The van der Waals surface area contributed by atoms with Crippen LogP contribution in [0.4, 0.5) is 0 Å². The molecular formula is C15H38N2OSi3. The molecule has 126 valence electrons. The van der Waals surface area contributed by atoms with Gasteiger partial charge in [0.1, 0.15) is 8.24 Å². The van der Waals surface area contributed by atoms with Crippen LogP contribution < -0.4 is 0 Å². The van der Waals surface area contributed by atoms with Gasteiger partial charge in [-0.1, -0.05) is 33.0 Å². The Balaban J connectivity index is 2.50. The van der Waals surface area contributed by atoms with Crippen molar-refractivity contribution in [2.75, 3.05) is 33.8 Å². The molecule has 0 bridgehead atoms. The zero-order valence-electron chi connectivity index (χ0n) is 15.8. The van der Waals surface area contributed by atoms with E-state index in [1.165, 1.54) is 18.6 Å². The number of nitrogens with zero attached hydrogens (tertiary/aromatic N) is 2. The lowest BCUT2D eigenvalue weighted by atomic mass is 9.97. The highest BCUT2D eigenvalue weighted by atomic mass is 28.4. The maximum atomic E-state index is 6.29. The van der Waals surface area contributed by atoms with Gasteiger partial charge in [-0.2, -0.15) is 0 Å². The Hall–Kier alpha value is 0.531. The standard InChI is InChI=1S/C15H38N2OSi3/c1-15(2,13-17-19-11-12-20(17,5)6)14-21(7,8)18-10-9-16(3)4/h9-14,19H2,1-8H3. The molecule has 0 aromatic rings. The predicted molar refractivity (Wildman–Crippen MR) is 103 cm³/mol. The van der Waals surface area contributed by atoms with Crippen molar-refractivity contribution < 1.29 is 4.43 Å². The molecule has 1 heterocycles. The summed E-state index contributed by atoms with van der Waals surface area (Å²) in [7, 11) is 1.71. The highest BCUT2D eigenvalue weighted by Gasteiger charge is 2.39. The van der Waals surface area contributed by atoms with E-state index in [9.17, 15) is 0 Å².